The topological polar surface area (TPSA) is 78.4 Å². The van der Waals surface area contributed by atoms with Crippen LogP contribution in [0.15, 0.2) is 30.3 Å². The quantitative estimate of drug-likeness (QED) is 0.679. The molecule has 1 aromatic rings. The van der Waals surface area contributed by atoms with Gasteiger partial charge in [0.05, 0.1) is 12.6 Å². The van der Waals surface area contributed by atoms with Crippen LogP contribution in [0.5, 0.6) is 0 Å². The highest BCUT2D eigenvalue weighted by Crippen LogP contribution is 2.25. The number of rotatable bonds is 8. The maximum atomic E-state index is 11.9. The lowest BCUT2D eigenvalue weighted by Gasteiger charge is -2.20. The normalized spacial score (nSPS) is 16.4. The molecule has 132 valence electrons. The number of carbonyl (C=O) groups is 2. The van der Waals surface area contributed by atoms with Crippen molar-refractivity contribution in [3.63, 3.8) is 0 Å². The first kappa shape index (κ1) is 18.5. The lowest BCUT2D eigenvalue weighted by atomic mass is 9.87. The third-order valence-corrected chi connectivity index (χ3v) is 4.49. The predicted octanol–water partition coefficient (Wildman–Crippen LogP) is 1.79. The zero-order valence-electron chi connectivity index (χ0n) is 14.2. The van der Waals surface area contributed by atoms with E-state index in [2.05, 4.69) is 10.6 Å². The summed E-state index contributed by atoms with van der Waals surface area (Å²) >= 11 is 0. The van der Waals surface area contributed by atoms with Crippen molar-refractivity contribution in [2.24, 2.45) is 5.92 Å². The minimum absolute atomic E-state index is 0.0242. The van der Waals surface area contributed by atoms with E-state index in [9.17, 15) is 14.7 Å². The standard InChI is InChI=1S/C19H28N2O3/c22-17(11-15-7-3-1-4-8-15)13-20-19(24)14-21-18(23)12-16-9-5-2-6-10-16/h1,3-4,7-8,16-17,22H,2,5-6,9-14H2,(H,20,24)(H,21,23). The third-order valence-electron chi connectivity index (χ3n) is 4.49. The Morgan fingerprint density at radius 1 is 1.04 bits per heavy atom. The molecule has 0 radical (unpaired) electrons. The molecule has 0 spiro atoms. The lowest BCUT2D eigenvalue weighted by Crippen LogP contribution is -2.40. The Morgan fingerprint density at radius 3 is 2.46 bits per heavy atom. The Balaban J connectivity index is 1.58. The van der Waals surface area contributed by atoms with Crippen molar-refractivity contribution in [1.29, 1.82) is 0 Å². The van der Waals surface area contributed by atoms with Gasteiger partial charge in [0.2, 0.25) is 11.8 Å². The number of aliphatic hydroxyl groups excluding tert-OH is 1. The molecule has 1 aliphatic rings. The van der Waals surface area contributed by atoms with Gasteiger partial charge in [-0.3, -0.25) is 9.59 Å². The fourth-order valence-electron chi connectivity index (χ4n) is 3.16. The van der Waals surface area contributed by atoms with Gasteiger partial charge in [0.25, 0.3) is 0 Å². The Kier molecular flexibility index (Phi) is 7.75. The van der Waals surface area contributed by atoms with E-state index in [1.165, 1.54) is 19.3 Å². The van der Waals surface area contributed by atoms with E-state index in [1.54, 1.807) is 0 Å². The largest absolute Gasteiger partial charge is 0.391 e. The van der Waals surface area contributed by atoms with Crippen molar-refractivity contribution in [2.45, 2.75) is 51.0 Å². The van der Waals surface area contributed by atoms with Gasteiger partial charge in [0, 0.05) is 19.4 Å². The maximum absolute atomic E-state index is 11.9. The fraction of sp³-hybridized carbons (Fsp3) is 0.579. The van der Waals surface area contributed by atoms with Gasteiger partial charge in [-0.1, -0.05) is 49.6 Å². The molecule has 1 saturated carbocycles. The summed E-state index contributed by atoms with van der Waals surface area (Å²) in [4.78, 5) is 23.6. The minimum Gasteiger partial charge on any atom is -0.391 e. The summed E-state index contributed by atoms with van der Waals surface area (Å²) in [6, 6.07) is 9.64. The van der Waals surface area contributed by atoms with E-state index in [-0.39, 0.29) is 24.9 Å². The van der Waals surface area contributed by atoms with Gasteiger partial charge < -0.3 is 15.7 Å². The zero-order chi connectivity index (χ0) is 17.2. The number of amides is 2. The molecule has 2 rings (SSSR count). The highest BCUT2D eigenvalue weighted by Gasteiger charge is 2.17. The van der Waals surface area contributed by atoms with Crippen molar-refractivity contribution in [3.05, 3.63) is 35.9 Å². The molecule has 0 bridgehead atoms. The minimum atomic E-state index is -0.630. The summed E-state index contributed by atoms with van der Waals surface area (Å²) in [5.41, 5.74) is 1.03. The molecule has 0 saturated heterocycles. The first-order chi connectivity index (χ1) is 11.6. The van der Waals surface area contributed by atoms with E-state index in [0.29, 0.717) is 18.8 Å². The third kappa shape index (κ3) is 7.13. The predicted molar refractivity (Wildman–Crippen MR) is 93.4 cm³/mol. The van der Waals surface area contributed by atoms with Gasteiger partial charge in [-0.25, -0.2) is 0 Å². The lowest BCUT2D eigenvalue weighted by molar-refractivity contribution is -0.126. The number of carbonyl (C=O) groups excluding carboxylic acids is 2. The molecular formula is C19H28N2O3. The van der Waals surface area contributed by atoms with E-state index < -0.39 is 6.10 Å². The first-order valence-electron chi connectivity index (χ1n) is 8.89. The van der Waals surface area contributed by atoms with Crippen molar-refractivity contribution >= 4 is 11.8 Å². The summed E-state index contributed by atoms with van der Waals surface area (Å²) in [7, 11) is 0. The fourth-order valence-corrected chi connectivity index (χ4v) is 3.16. The molecule has 1 aromatic carbocycles. The first-order valence-corrected chi connectivity index (χ1v) is 8.89. The SMILES string of the molecule is O=C(CNC(=O)CC1CCCCC1)NCC(O)Cc1ccccc1. The second kappa shape index (κ2) is 10.1. The maximum Gasteiger partial charge on any atom is 0.239 e. The number of benzene rings is 1. The van der Waals surface area contributed by atoms with Crippen LogP contribution >= 0.6 is 0 Å². The molecule has 0 heterocycles. The molecule has 5 heteroatoms. The van der Waals surface area contributed by atoms with Crippen molar-refractivity contribution in [1.82, 2.24) is 10.6 Å². The Hall–Kier alpha value is -1.88. The highest BCUT2D eigenvalue weighted by atomic mass is 16.3. The number of hydrogen-bond donors (Lipinski definition) is 3. The molecule has 5 nitrogen and oxygen atoms in total. The van der Waals surface area contributed by atoms with E-state index in [1.807, 2.05) is 30.3 Å². The molecule has 1 aliphatic carbocycles. The van der Waals surface area contributed by atoms with Crippen LogP contribution in [0.3, 0.4) is 0 Å². The molecule has 1 atom stereocenters. The molecule has 0 aromatic heterocycles. The number of aliphatic hydroxyl groups is 1. The second-order valence-corrected chi connectivity index (χ2v) is 6.63. The van der Waals surface area contributed by atoms with Gasteiger partial charge in [0.15, 0.2) is 0 Å². The van der Waals surface area contributed by atoms with Crippen molar-refractivity contribution in [3.8, 4) is 0 Å². The van der Waals surface area contributed by atoms with Crippen molar-refractivity contribution in [2.75, 3.05) is 13.1 Å². The van der Waals surface area contributed by atoms with E-state index in [0.717, 1.165) is 18.4 Å². The Bertz CT molecular complexity index is 513. The van der Waals surface area contributed by atoms with Crippen LogP contribution in [0, 0.1) is 5.92 Å². The molecule has 2 amide bonds. The number of nitrogens with one attached hydrogen (secondary N) is 2. The summed E-state index contributed by atoms with van der Waals surface area (Å²) in [5, 5.41) is 15.3. The monoisotopic (exact) mass is 332 g/mol. The van der Waals surface area contributed by atoms with Gasteiger partial charge in [-0.15, -0.1) is 0 Å². The average Bonchev–Trinajstić information content (AvgIpc) is 2.60. The summed E-state index contributed by atoms with van der Waals surface area (Å²) in [5.74, 6) is 0.149. The molecule has 24 heavy (non-hydrogen) atoms. The zero-order valence-corrected chi connectivity index (χ0v) is 14.2. The van der Waals surface area contributed by atoms with Crippen LogP contribution in [-0.4, -0.2) is 36.1 Å². The molecule has 1 fully saturated rings. The van der Waals surface area contributed by atoms with Crippen LogP contribution in [0.2, 0.25) is 0 Å². The highest BCUT2D eigenvalue weighted by molar-refractivity contribution is 5.84. The second-order valence-electron chi connectivity index (χ2n) is 6.63. The van der Waals surface area contributed by atoms with Gasteiger partial charge in [-0.2, -0.15) is 0 Å². The van der Waals surface area contributed by atoms with Crippen LogP contribution in [0.4, 0.5) is 0 Å². The molecule has 1 unspecified atom stereocenters. The van der Waals surface area contributed by atoms with E-state index >= 15 is 0 Å². The van der Waals surface area contributed by atoms with Crippen LogP contribution < -0.4 is 10.6 Å². The summed E-state index contributed by atoms with van der Waals surface area (Å²) in [6.07, 6.45) is 6.30. The summed E-state index contributed by atoms with van der Waals surface area (Å²) in [6.45, 7) is 0.163. The van der Waals surface area contributed by atoms with Crippen molar-refractivity contribution < 1.29 is 14.7 Å². The molecule has 0 aliphatic heterocycles. The molecular weight excluding hydrogens is 304 g/mol. The van der Waals surface area contributed by atoms with Gasteiger partial charge in [-0.05, 0) is 24.3 Å². The average molecular weight is 332 g/mol. The van der Waals surface area contributed by atoms with E-state index in [4.69, 9.17) is 0 Å². The van der Waals surface area contributed by atoms with Gasteiger partial charge in [0.1, 0.15) is 0 Å². The summed E-state index contributed by atoms with van der Waals surface area (Å²) < 4.78 is 0. The Labute approximate surface area is 143 Å². The Morgan fingerprint density at radius 2 is 1.75 bits per heavy atom. The number of hydrogen-bond acceptors (Lipinski definition) is 3. The van der Waals surface area contributed by atoms with Gasteiger partial charge >= 0.3 is 0 Å². The van der Waals surface area contributed by atoms with Crippen LogP contribution in [0.25, 0.3) is 0 Å². The smallest absolute Gasteiger partial charge is 0.239 e. The van der Waals surface area contributed by atoms with Crippen LogP contribution in [-0.2, 0) is 16.0 Å². The van der Waals surface area contributed by atoms with Crippen LogP contribution in [0.1, 0.15) is 44.1 Å². The molecule has 3 N–H and O–H groups in total.